The van der Waals surface area contributed by atoms with Gasteiger partial charge in [-0.3, -0.25) is 0 Å². The molecule has 3 heteroatoms. The summed E-state index contributed by atoms with van der Waals surface area (Å²) in [6.07, 6.45) is 1.98. The fourth-order valence-corrected chi connectivity index (χ4v) is 2.08. The van der Waals surface area contributed by atoms with Crippen LogP contribution in [0.15, 0.2) is 52.7 Å². The lowest BCUT2D eigenvalue weighted by molar-refractivity contribution is 1.04. The number of azo groups is 1. The first kappa shape index (κ1) is 14.4. The van der Waals surface area contributed by atoms with Crippen molar-refractivity contribution in [2.24, 2.45) is 16.0 Å². The van der Waals surface area contributed by atoms with Crippen molar-refractivity contribution in [3.63, 3.8) is 0 Å². The molecule has 0 unspecified atom stereocenters. The SMILES string of the molecule is CCc1cccc(N=Nc2cc(CC)cc(CN)c2)c1. The Labute approximate surface area is 120 Å². The van der Waals surface area contributed by atoms with Crippen molar-refractivity contribution in [1.29, 1.82) is 0 Å². The van der Waals surface area contributed by atoms with Gasteiger partial charge < -0.3 is 5.73 Å². The highest BCUT2D eigenvalue weighted by Crippen LogP contribution is 2.22. The van der Waals surface area contributed by atoms with Crippen molar-refractivity contribution in [2.45, 2.75) is 33.2 Å². The highest BCUT2D eigenvalue weighted by atomic mass is 15.1. The molecule has 104 valence electrons. The molecule has 20 heavy (non-hydrogen) atoms. The standard InChI is InChI=1S/C17H21N3/c1-3-13-6-5-7-16(9-13)19-20-17-10-14(4-2)8-15(11-17)12-18/h5-11H,3-4,12,18H2,1-2H3. The lowest BCUT2D eigenvalue weighted by atomic mass is 10.1. The van der Waals surface area contributed by atoms with E-state index in [0.717, 1.165) is 29.8 Å². The number of hydrogen-bond acceptors (Lipinski definition) is 3. The van der Waals surface area contributed by atoms with Gasteiger partial charge in [0.05, 0.1) is 11.4 Å². The van der Waals surface area contributed by atoms with Crippen LogP contribution in [-0.2, 0) is 19.4 Å². The third-order valence-electron chi connectivity index (χ3n) is 3.28. The van der Waals surface area contributed by atoms with Crippen LogP contribution in [0.3, 0.4) is 0 Å². The van der Waals surface area contributed by atoms with Gasteiger partial charge in [-0.2, -0.15) is 10.2 Å². The van der Waals surface area contributed by atoms with E-state index in [9.17, 15) is 0 Å². The second-order valence-corrected chi connectivity index (χ2v) is 4.79. The van der Waals surface area contributed by atoms with Gasteiger partial charge in [0.15, 0.2) is 0 Å². The zero-order valence-corrected chi connectivity index (χ0v) is 12.1. The number of benzene rings is 2. The molecule has 0 radical (unpaired) electrons. The second kappa shape index (κ2) is 6.96. The van der Waals surface area contributed by atoms with Gasteiger partial charge in [-0.05, 0) is 53.8 Å². The molecule has 0 aliphatic rings. The number of hydrogen-bond donors (Lipinski definition) is 1. The molecule has 0 spiro atoms. The Morgan fingerprint density at radius 3 is 2.15 bits per heavy atom. The summed E-state index contributed by atoms with van der Waals surface area (Å²) in [5.41, 5.74) is 11.1. The maximum Gasteiger partial charge on any atom is 0.0863 e. The zero-order chi connectivity index (χ0) is 14.4. The van der Waals surface area contributed by atoms with E-state index in [0.29, 0.717) is 6.54 Å². The van der Waals surface area contributed by atoms with Crippen LogP contribution in [0.5, 0.6) is 0 Å². The number of rotatable bonds is 5. The van der Waals surface area contributed by atoms with Crippen LogP contribution in [0.25, 0.3) is 0 Å². The minimum absolute atomic E-state index is 0.529. The lowest BCUT2D eigenvalue weighted by Crippen LogP contribution is -1.96. The molecule has 0 heterocycles. The molecule has 3 nitrogen and oxygen atoms in total. The molecular weight excluding hydrogens is 246 g/mol. The summed E-state index contributed by atoms with van der Waals surface area (Å²) >= 11 is 0. The van der Waals surface area contributed by atoms with Crippen LogP contribution < -0.4 is 5.73 Å². The average molecular weight is 267 g/mol. The molecule has 2 N–H and O–H groups in total. The maximum atomic E-state index is 5.72. The monoisotopic (exact) mass is 267 g/mol. The van der Waals surface area contributed by atoms with Crippen LogP contribution in [0.4, 0.5) is 11.4 Å². The largest absolute Gasteiger partial charge is 0.326 e. The highest BCUT2D eigenvalue weighted by Gasteiger charge is 1.99. The van der Waals surface area contributed by atoms with E-state index in [2.05, 4.69) is 48.3 Å². The molecule has 0 saturated carbocycles. The summed E-state index contributed by atoms with van der Waals surface area (Å²) in [5, 5.41) is 8.66. The fraction of sp³-hybridized carbons (Fsp3) is 0.294. The molecule has 0 aliphatic heterocycles. The fourth-order valence-electron chi connectivity index (χ4n) is 2.08. The van der Waals surface area contributed by atoms with Crippen LogP contribution >= 0.6 is 0 Å². The molecule has 2 rings (SSSR count). The summed E-state index contributed by atoms with van der Waals surface area (Å²) < 4.78 is 0. The molecule has 0 aliphatic carbocycles. The van der Waals surface area contributed by atoms with Gasteiger partial charge in [-0.1, -0.05) is 32.0 Å². The summed E-state index contributed by atoms with van der Waals surface area (Å²) in [4.78, 5) is 0. The van der Waals surface area contributed by atoms with Gasteiger partial charge in [0.1, 0.15) is 0 Å². The first-order chi connectivity index (χ1) is 9.75. The van der Waals surface area contributed by atoms with Crippen molar-refractivity contribution >= 4 is 11.4 Å². The van der Waals surface area contributed by atoms with Crippen LogP contribution in [-0.4, -0.2) is 0 Å². The van der Waals surface area contributed by atoms with Crippen molar-refractivity contribution in [2.75, 3.05) is 0 Å². The molecule has 0 aromatic heterocycles. The van der Waals surface area contributed by atoms with Crippen molar-refractivity contribution < 1.29 is 0 Å². The van der Waals surface area contributed by atoms with Gasteiger partial charge in [0, 0.05) is 6.54 Å². The first-order valence-electron chi connectivity index (χ1n) is 7.08. The van der Waals surface area contributed by atoms with E-state index in [1.54, 1.807) is 0 Å². The van der Waals surface area contributed by atoms with Crippen molar-refractivity contribution in [3.05, 3.63) is 59.2 Å². The Balaban J connectivity index is 2.25. The third kappa shape index (κ3) is 3.75. The van der Waals surface area contributed by atoms with Crippen LogP contribution in [0.1, 0.15) is 30.5 Å². The Bertz CT molecular complexity index is 581. The molecule has 0 saturated heterocycles. The Hall–Kier alpha value is -2.00. The maximum absolute atomic E-state index is 5.72. The molecule has 0 amide bonds. The van der Waals surface area contributed by atoms with Crippen LogP contribution in [0.2, 0.25) is 0 Å². The van der Waals surface area contributed by atoms with Gasteiger partial charge >= 0.3 is 0 Å². The number of aryl methyl sites for hydroxylation is 2. The van der Waals surface area contributed by atoms with Crippen molar-refractivity contribution in [1.82, 2.24) is 0 Å². The summed E-state index contributed by atoms with van der Waals surface area (Å²) in [6, 6.07) is 14.3. The van der Waals surface area contributed by atoms with E-state index in [4.69, 9.17) is 5.73 Å². The molecule has 0 fully saturated rings. The molecule has 2 aromatic rings. The second-order valence-electron chi connectivity index (χ2n) is 4.79. The van der Waals surface area contributed by atoms with Gasteiger partial charge in [-0.15, -0.1) is 0 Å². The van der Waals surface area contributed by atoms with E-state index in [1.165, 1.54) is 11.1 Å². The Morgan fingerprint density at radius 2 is 1.45 bits per heavy atom. The first-order valence-corrected chi connectivity index (χ1v) is 7.08. The number of nitrogens with zero attached hydrogens (tertiary/aromatic N) is 2. The topological polar surface area (TPSA) is 50.7 Å². The molecule has 0 atom stereocenters. The van der Waals surface area contributed by atoms with Crippen LogP contribution in [0, 0.1) is 0 Å². The molecule has 0 bridgehead atoms. The highest BCUT2D eigenvalue weighted by molar-refractivity contribution is 5.45. The third-order valence-corrected chi connectivity index (χ3v) is 3.28. The minimum Gasteiger partial charge on any atom is -0.326 e. The summed E-state index contributed by atoms with van der Waals surface area (Å²) in [6.45, 7) is 4.79. The van der Waals surface area contributed by atoms with Gasteiger partial charge in [-0.25, -0.2) is 0 Å². The average Bonchev–Trinajstić information content (AvgIpc) is 2.52. The molecular formula is C17H21N3. The lowest BCUT2D eigenvalue weighted by Gasteiger charge is -2.03. The quantitative estimate of drug-likeness (QED) is 0.785. The Morgan fingerprint density at radius 1 is 0.800 bits per heavy atom. The van der Waals surface area contributed by atoms with Gasteiger partial charge in [0.25, 0.3) is 0 Å². The van der Waals surface area contributed by atoms with E-state index >= 15 is 0 Å². The predicted octanol–water partition coefficient (Wildman–Crippen LogP) is 4.69. The zero-order valence-electron chi connectivity index (χ0n) is 12.1. The summed E-state index contributed by atoms with van der Waals surface area (Å²) in [5.74, 6) is 0. The van der Waals surface area contributed by atoms with Gasteiger partial charge in [0.2, 0.25) is 0 Å². The normalized spacial score (nSPS) is 11.2. The smallest absolute Gasteiger partial charge is 0.0863 e. The minimum atomic E-state index is 0.529. The summed E-state index contributed by atoms with van der Waals surface area (Å²) in [7, 11) is 0. The number of nitrogens with two attached hydrogens (primary N) is 1. The Kier molecular flexibility index (Phi) is 5.02. The predicted molar refractivity (Wildman–Crippen MR) is 83.7 cm³/mol. The van der Waals surface area contributed by atoms with E-state index in [1.807, 2.05) is 18.2 Å². The van der Waals surface area contributed by atoms with Crippen molar-refractivity contribution in [3.8, 4) is 0 Å². The van der Waals surface area contributed by atoms with E-state index < -0.39 is 0 Å². The molecule has 2 aromatic carbocycles. The van der Waals surface area contributed by atoms with E-state index in [-0.39, 0.29) is 0 Å².